The molecule has 0 spiro atoms. The Morgan fingerprint density at radius 3 is 2.37 bits per heavy atom. The number of phenols is 2. The third-order valence-electron chi connectivity index (χ3n) is 9.43. The van der Waals surface area contributed by atoms with Gasteiger partial charge in [0.15, 0.2) is 23.0 Å². The molecular formula is C31H35N3O9. The number of piperazine rings is 1. The van der Waals surface area contributed by atoms with E-state index in [4.69, 9.17) is 14.2 Å². The molecule has 6 atom stereocenters. The van der Waals surface area contributed by atoms with E-state index in [1.54, 1.807) is 43.7 Å². The van der Waals surface area contributed by atoms with Crippen LogP contribution in [0.5, 0.6) is 17.2 Å². The Morgan fingerprint density at radius 1 is 1.12 bits per heavy atom. The first-order valence-electron chi connectivity index (χ1n) is 13.9. The molecule has 0 radical (unpaired) electrons. The number of allylic oxidation sites excluding steroid dienone is 3. The first kappa shape index (κ1) is 30.3. The van der Waals surface area contributed by atoms with Gasteiger partial charge in [0.1, 0.15) is 24.5 Å². The second-order valence-electron chi connectivity index (χ2n) is 11.3. The van der Waals surface area contributed by atoms with Gasteiger partial charge in [-0.25, -0.2) is 4.79 Å². The number of aliphatic hydroxyl groups is 1. The van der Waals surface area contributed by atoms with Crippen LogP contribution in [-0.2, 0) is 23.9 Å². The van der Waals surface area contributed by atoms with Gasteiger partial charge in [-0.15, -0.1) is 0 Å². The Bertz CT molecular complexity index is 1580. The Hall–Kier alpha value is -4.18. The first-order valence-corrected chi connectivity index (χ1v) is 13.9. The zero-order chi connectivity index (χ0) is 31.7. The number of fused-ring (bicyclic) bond motifs is 6. The standard InChI is InChI=1S/C31H35N3O9/c1-8-12(2)31(40)43-11-18-19-15(24(35)13(3)29(41-6)27(19)38)9-16-22-20-21(25(36)14(4)30(42-7)28(20)39)26(37)23(33(22)5)17(10-32)34(16)18/h8,16-18,22-23,26,36-37,39H,9,11H2,1-7H3/t16-,17-,18-,22-,23+,26-/m0/s1. The molecule has 12 nitrogen and oxygen atoms in total. The second kappa shape index (κ2) is 10.8. The lowest BCUT2D eigenvalue weighted by Crippen LogP contribution is -2.71. The van der Waals surface area contributed by atoms with Gasteiger partial charge >= 0.3 is 5.97 Å². The van der Waals surface area contributed by atoms with E-state index in [0.29, 0.717) is 5.57 Å². The van der Waals surface area contributed by atoms with E-state index in [2.05, 4.69) is 6.07 Å². The summed E-state index contributed by atoms with van der Waals surface area (Å²) in [6.45, 7) is 5.95. The molecular weight excluding hydrogens is 558 g/mol. The molecule has 12 heteroatoms. The van der Waals surface area contributed by atoms with Crippen LogP contribution < -0.4 is 4.74 Å². The number of nitrogens with zero attached hydrogens (tertiary/aromatic N) is 3. The molecule has 0 saturated carbocycles. The minimum absolute atomic E-state index is 0.00157. The van der Waals surface area contributed by atoms with Crippen molar-refractivity contribution in [3.05, 3.63) is 50.8 Å². The van der Waals surface area contributed by atoms with Crippen molar-refractivity contribution in [2.24, 2.45) is 0 Å². The van der Waals surface area contributed by atoms with Crippen molar-refractivity contribution in [1.29, 1.82) is 5.26 Å². The van der Waals surface area contributed by atoms with Gasteiger partial charge in [-0.3, -0.25) is 19.4 Å². The van der Waals surface area contributed by atoms with Gasteiger partial charge in [0.25, 0.3) is 0 Å². The molecule has 0 amide bonds. The number of ketones is 2. The lowest BCUT2D eigenvalue weighted by Gasteiger charge is -2.60. The van der Waals surface area contributed by atoms with Crippen LogP contribution in [0.3, 0.4) is 0 Å². The van der Waals surface area contributed by atoms with Crippen molar-refractivity contribution in [2.45, 2.75) is 70.4 Å². The summed E-state index contributed by atoms with van der Waals surface area (Å²) in [5, 5.41) is 45.0. The van der Waals surface area contributed by atoms with Gasteiger partial charge in [-0.05, 0) is 41.2 Å². The molecule has 1 saturated heterocycles. The van der Waals surface area contributed by atoms with Crippen LogP contribution in [0.2, 0.25) is 0 Å². The number of carbonyl (C=O) groups is 3. The summed E-state index contributed by atoms with van der Waals surface area (Å²) in [7, 11) is 4.34. The Balaban J connectivity index is 1.77. The summed E-state index contributed by atoms with van der Waals surface area (Å²) < 4.78 is 16.4. The van der Waals surface area contributed by atoms with Gasteiger partial charge in [0, 0.05) is 45.0 Å². The third kappa shape index (κ3) is 4.10. The maximum Gasteiger partial charge on any atom is 0.333 e. The number of ether oxygens (including phenoxy) is 3. The van der Waals surface area contributed by atoms with Crippen molar-refractivity contribution >= 4 is 17.5 Å². The number of benzene rings is 1. The lowest BCUT2D eigenvalue weighted by molar-refractivity contribution is -0.147. The highest BCUT2D eigenvalue weighted by molar-refractivity contribution is 6.25. The summed E-state index contributed by atoms with van der Waals surface area (Å²) in [4.78, 5) is 43.8. The van der Waals surface area contributed by atoms with Crippen LogP contribution in [0.4, 0.5) is 0 Å². The number of likely N-dealkylation sites (N-methyl/N-ethyl adjacent to an activating group) is 1. The highest BCUT2D eigenvalue weighted by Crippen LogP contribution is 2.58. The zero-order valence-electron chi connectivity index (χ0n) is 25.1. The van der Waals surface area contributed by atoms with Gasteiger partial charge in [-0.1, -0.05) is 6.08 Å². The van der Waals surface area contributed by atoms with Crippen LogP contribution in [-0.4, -0.2) is 94.7 Å². The van der Waals surface area contributed by atoms with Crippen LogP contribution in [0, 0.1) is 18.3 Å². The number of rotatable bonds is 5. The van der Waals surface area contributed by atoms with E-state index in [9.17, 15) is 35.0 Å². The first-order chi connectivity index (χ1) is 20.4. The summed E-state index contributed by atoms with van der Waals surface area (Å²) >= 11 is 0. The number of hydrogen-bond acceptors (Lipinski definition) is 12. The third-order valence-corrected chi connectivity index (χ3v) is 9.43. The maximum absolute atomic E-state index is 13.9. The Labute approximate surface area is 249 Å². The maximum atomic E-state index is 13.9. The molecule has 3 aliphatic heterocycles. The van der Waals surface area contributed by atoms with Gasteiger partial charge in [0.05, 0.1) is 38.4 Å². The smallest absolute Gasteiger partial charge is 0.333 e. The number of esters is 1. The summed E-state index contributed by atoms with van der Waals surface area (Å²) in [5.74, 6) is -2.23. The van der Waals surface area contributed by atoms with Crippen molar-refractivity contribution in [1.82, 2.24) is 9.80 Å². The number of methoxy groups -OCH3 is 2. The second-order valence-corrected chi connectivity index (χ2v) is 11.3. The average molecular weight is 594 g/mol. The zero-order valence-corrected chi connectivity index (χ0v) is 25.1. The average Bonchev–Trinajstić information content (AvgIpc) is 2.98. The van der Waals surface area contributed by atoms with Crippen LogP contribution in [0.15, 0.2) is 34.1 Å². The quantitative estimate of drug-likeness (QED) is 0.197. The number of aromatic hydroxyl groups is 2. The topological polar surface area (TPSA) is 170 Å². The molecule has 0 aromatic heterocycles. The molecule has 4 aliphatic rings. The van der Waals surface area contributed by atoms with Crippen LogP contribution >= 0.6 is 0 Å². The van der Waals surface area contributed by atoms with Crippen LogP contribution in [0.25, 0.3) is 0 Å². The number of nitriles is 1. The van der Waals surface area contributed by atoms with E-state index >= 15 is 0 Å². The fourth-order valence-electron chi connectivity index (χ4n) is 7.28. The highest BCUT2D eigenvalue weighted by Gasteiger charge is 2.60. The molecule has 228 valence electrons. The number of phenolic OH excluding ortho intramolecular Hbond substituents is 2. The molecule has 3 heterocycles. The molecule has 5 rings (SSSR count). The Morgan fingerprint density at radius 2 is 1.79 bits per heavy atom. The van der Waals surface area contributed by atoms with Crippen molar-refractivity contribution in [2.75, 3.05) is 27.9 Å². The van der Waals surface area contributed by atoms with Crippen LogP contribution in [0.1, 0.15) is 56.0 Å². The SMILES string of the molecule is CC=C(C)C(=O)OC[C@H]1C2=C(C[C@H]3[C@H]4c5c(O)c(OC)c(C)c(O)c5[C@H](O)[C@@H]([C@H](C#N)N13)N4C)C(=O)C(C)=C(OC)C2=O. The van der Waals surface area contributed by atoms with Crippen molar-refractivity contribution < 1.29 is 43.9 Å². The molecule has 1 fully saturated rings. The molecule has 1 aromatic carbocycles. The van der Waals surface area contributed by atoms with E-state index in [1.807, 2.05) is 0 Å². The molecule has 1 aromatic rings. The van der Waals surface area contributed by atoms with Gasteiger partial charge in [-0.2, -0.15) is 5.26 Å². The van der Waals surface area contributed by atoms with E-state index < -0.39 is 53.8 Å². The molecule has 3 N–H and O–H groups in total. The summed E-state index contributed by atoms with van der Waals surface area (Å²) in [6.07, 6.45) is 0.150. The Kier molecular flexibility index (Phi) is 7.62. The fraction of sp³-hybridized carbons (Fsp3) is 0.484. The number of aliphatic hydroxyl groups excluding tert-OH is 1. The number of Topliss-reactive ketones (excluding diaryl/α,β-unsaturated/α-hetero) is 2. The van der Waals surface area contributed by atoms with E-state index in [-0.39, 0.29) is 69.4 Å². The predicted octanol–water partition coefficient (Wildman–Crippen LogP) is 2.03. The fourth-order valence-corrected chi connectivity index (χ4v) is 7.28. The number of hydrogen-bond donors (Lipinski definition) is 3. The summed E-state index contributed by atoms with van der Waals surface area (Å²) in [5.41, 5.74) is 1.25. The molecule has 0 unspecified atom stereocenters. The monoisotopic (exact) mass is 593 g/mol. The predicted molar refractivity (Wildman–Crippen MR) is 151 cm³/mol. The minimum atomic E-state index is -1.43. The summed E-state index contributed by atoms with van der Waals surface area (Å²) in [6, 6.07) is -2.30. The lowest BCUT2D eigenvalue weighted by atomic mass is 9.69. The molecule has 1 aliphatic carbocycles. The van der Waals surface area contributed by atoms with Gasteiger partial charge < -0.3 is 29.5 Å². The molecule has 43 heavy (non-hydrogen) atoms. The normalized spacial score (nSPS) is 29.0. The van der Waals surface area contributed by atoms with Crippen molar-refractivity contribution in [3.8, 4) is 23.3 Å². The largest absolute Gasteiger partial charge is 0.507 e. The van der Waals surface area contributed by atoms with Crippen molar-refractivity contribution in [3.63, 3.8) is 0 Å². The minimum Gasteiger partial charge on any atom is -0.507 e. The van der Waals surface area contributed by atoms with E-state index in [0.717, 1.165) is 0 Å². The van der Waals surface area contributed by atoms with Gasteiger partial charge in [0.2, 0.25) is 5.78 Å². The highest BCUT2D eigenvalue weighted by atomic mass is 16.5. The number of carbonyl (C=O) groups excluding carboxylic acids is 3. The van der Waals surface area contributed by atoms with E-state index in [1.165, 1.54) is 21.1 Å². The molecule has 2 bridgehead atoms.